The molecule has 0 aliphatic rings. The molecule has 1 aromatic heterocycles. The molecule has 0 N–H and O–H groups in total. The molecule has 0 spiro atoms. The van der Waals surface area contributed by atoms with E-state index >= 15 is 0 Å². The minimum atomic E-state index is 0.115. The number of hydrogen-bond donors (Lipinski definition) is 0. The molecule has 3 aromatic rings. The highest BCUT2D eigenvalue weighted by molar-refractivity contribution is 7.22. The molecule has 5 heteroatoms. The fraction of sp³-hybridized carbons (Fsp3) is 0.440. The topological polar surface area (TPSA) is 36.4 Å². The van der Waals surface area contributed by atoms with Gasteiger partial charge < -0.3 is 4.90 Å². The van der Waals surface area contributed by atoms with Crippen molar-refractivity contribution in [2.75, 3.05) is 31.1 Å². The van der Waals surface area contributed by atoms with Gasteiger partial charge in [-0.15, -0.1) is 0 Å². The number of nitrogens with zero attached hydrogens (tertiary/aromatic N) is 3. The number of rotatable bonds is 8. The van der Waals surface area contributed by atoms with Gasteiger partial charge in [0.05, 0.1) is 16.6 Å². The first kappa shape index (κ1) is 22.4. The summed E-state index contributed by atoms with van der Waals surface area (Å²) in [7, 11) is 0. The van der Waals surface area contributed by atoms with E-state index in [2.05, 4.69) is 76.8 Å². The second kappa shape index (κ2) is 9.71. The van der Waals surface area contributed by atoms with Crippen LogP contribution in [0.15, 0.2) is 30.3 Å². The van der Waals surface area contributed by atoms with Crippen molar-refractivity contribution in [1.29, 1.82) is 0 Å². The predicted octanol–water partition coefficient (Wildman–Crippen LogP) is 5.45. The lowest BCUT2D eigenvalue weighted by atomic mass is 10.0. The van der Waals surface area contributed by atoms with Gasteiger partial charge in [-0.05, 0) is 69.1 Å². The summed E-state index contributed by atoms with van der Waals surface area (Å²) in [6.45, 7) is 16.1. The van der Waals surface area contributed by atoms with E-state index in [1.165, 1.54) is 11.1 Å². The second-order valence-electron chi connectivity index (χ2n) is 8.10. The van der Waals surface area contributed by atoms with E-state index in [0.29, 0.717) is 13.0 Å². The van der Waals surface area contributed by atoms with Gasteiger partial charge in [0, 0.05) is 13.1 Å². The molecule has 30 heavy (non-hydrogen) atoms. The van der Waals surface area contributed by atoms with Crippen molar-refractivity contribution in [1.82, 2.24) is 9.88 Å². The lowest BCUT2D eigenvalue weighted by Crippen LogP contribution is -2.39. The molecule has 3 rings (SSSR count). The van der Waals surface area contributed by atoms with Gasteiger partial charge in [0.15, 0.2) is 5.13 Å². The maximum absolute atomic E-state index is 13.5. The average molecular weight is 424 g/mol. The number of fused-ring (bicyclic) bond motifs is 1. The number of amides is 1. The molecule has 0 aliphatic carbocycles. The van der Waals surface area contributed by atoms with Crippen LogP contribution in [0.5, 0.6) is 0 Å². The summed E-state index contributed by atoms with van der Waals surface area (Å²) in [4.78, 5) is 22.6. The first-order valence-corrected chi connectivity index (χ1v) is 11.6. The van der Waals surface area contributed by atoms with Gasteiger partial charge in [0.25, 0.3) is 0 Å². The number of likely N-dealkylation sites (N-methyl/N-ethyl adjacent to an activating group) is 1. The smallest absolute Gasteiger partial charge is 0.233 e. The lowest BCUT2D eigenvalue weighted by molar-refractivity contribution is -0.118. The van der Waals surface area contributed by atoms with Gasteiger partial charge in [-0.3, -0.25) is 9.69 Å². The SMILES string of the molecule is CCN(CC)CCN(C(=O)Cc1cc(C)ccc1C)c1nc2c(C)cc(C)cc2s1. The highest BCUT2D eigenvalue weighted by Gasteiger charge is 2.22. The third kappa shape index (κ3) is 5.08. The molecule has 0 atom stereocenters. The number of thiazole rings is 1. The van der Waals surface area contributed by atoms with Gasteiger partial charge in [0.1, 0.15) is 0 Å². The fourth-order valence-corrected chi connectivity index (χ4v) is 5.02. The van der Waals surface area contributed by atoms with Crippen molar-refractivity contribution in [3.8, 4) is 0 Å². The van der Waals surface area contributed by atoms with Crippen LogP contribution in [0.25, 0.3) is 10.2 Å². The monoisotopic (exact) mass is 423 g/mol. The molecule has 1 heterocycles. The molecule has 0 fully saturated rings. The van der Waals surface area contributed by atoms with Crippen LogP contribution in [0.2, 0.25) is 0 Å². The van der Waals surface area contributed by atoms with Crippen molar-refractivity contribution in [2.45, 2.75) is 48.0 Å². The van der Waals surface area contributed by atoms with Gasteiger partial charge in [-0.25, -0.2) is 4.98 Å². The van der Waals surface area contributed by atoms with Crippen molar-refractivity contribution >= 4 is 32.6 Å². The van der Waals surface area contributed by atoms with E-state index in [0.717, 1.165) is 51.7 Å². The number of carbonyl (C=O) groups is 1. The molecule has 4 nitrogen and oxygen atoms in total. The second-order valence-corrected chi connectivity index (χ2v) is 9.11. The van der Waals surface area contributed by atoms with Gasteiger partial charge >= 0.3 is 0 Å². The highest BCUT2D eigenvalue weighted by atomic mass is 32.1. The van der Waals surface area contributed by atoms with Gasteiger partial charge in [0.2, 0.25) is 5.91 Å². The Labute approximate surface area is 184 Å². The van der Waals surface area contributed by atoms with Crippen LogP contribution < -0.4 is 4.90 Å². The Bertz CT molecular complexity index is 1040. The quantitative estimate of drug-likeness (QED) is 0.483. The summed E-state index contributed by atoms with van der Waals surface area (Å²) in [5.74, 6) is 0.115. The van der Waals surface area contributed by atoms with Crippen LogP contribution in [-0.4, -0.2) is 42.0 Å². The van der Waals surface area contributed by atoms with E-state index in [-0.39, 0.29) is 5.91 Å². The molecule has 0 bridgehead atoms. The zero-order chi connectivity index (χ0) is 21.8. The summed E-state index contributed by atoms with van der Waals surface area (Å²) >= 11 is 1.62. The Hall–Kier alpha value is -2.24. The Balaban J connectivity index is 1.94. The van der Waals surface area contributed by atoms with E-state index in [1.54, 1.807) is 11.3 Å². The Morgan fingerprint density at radius 2 is 1.67 bits per heavy atom. The normalized spacial score (nSPS) is 11.4. The lowest BCUT2D eigenvalue weighted by Gasteiger charge is -2.25. The summed E-state index contributed by atoms with van der Waals surface area (Å²) in [6.07, 6.45) is 0.402. The summed E-state index contributed by atoms with van der Waals surface area (Å²) < 4.78 is 1.15. The molecular weight excluding hydrogens is 390 g/mol. The average Bonchev–Trinajstić information content (AvgIpc) is 3.12. The van der Waals surface area contributed by atoms with Crippen LogP contribution in [0.3, 0.4) is 0 Å². The number of benzene rings is 2. The largest absolute Gasteiger partial charge is 0.302 e. The van der Waals surface area contributed by atoms with Crippen LogP contribution >= 0.6 is 11.3 Å². The predicted molar refractivity (Wildman–Crippen MR) is 129 cm³/mol. The number of aromatic nitrogens is 1. The molecule has 0 saturated carbocycles. The Morgan fingerprint density at radius 3 is 2.37 bits per heavy atom. The van der Waals surface area contributed by atoms with E-state index in [9.17, 15) is 4.79 Å². The van der Waals surface area contributed by atoms with Crippen molar-refractivity contribution in [3.05, 3.63) is 58.1 Å². The number of anilines is 1. The summed E-state index contributed by atoms with van der Waals surface area (Å²) in [6, 6.07) is 10.6. The number of carbonyl (C=O) groups excluding carboxylic acids is 1. The fourth-order valence-electron chi connectivity index (χ4n) is 3.83. The molecule has 0 saturated heterocycles. The third-order valence-electron chi connectivity index (χ3n) is 5.73. The zero-order valence-electron chi connectivity index (χ0n) is 19.1. The van der Waals surface area contributed by atoms with Crippen molar-refractivity contribution in [2.24, 2.45) is 0 Å². The Morgan fingerprint density at radius 1 is 0.933 bits per heavy atom. The first-order valence-electron chi connectivity index (χ1n) is 10.8. The minimum absolute atomic E-state index is 0.115. The molecule has 0 radical (unpaired) electrons. The van der Waals surface area contributed by atoms with Gasteiger partial charge in [-0.1, -0.05) is 55.0 Å². The van der Waals surface area contributed by atoms with Crippen LogP contribution in [0.4, 0.5) is 5.13 Å². The van der Waals surface area contributed by atoms with Crippen LogP contribution in [0.1, 0.15) is 41.7 Å². The van der Waals surface area contributed by atoms with Crippen LogP contribution in [-0.2, 0) is 11.2 Å². The van der Waals surface area contributed by atoms with E-state index in [1.807, 2.05) is 4.90 Å². The van der Waals surface area contributed by atoms with Crippen molar-refractivity contribution in [3.63, 3.8) is 0 Å². The molecule has 2 aromatic carbocycles. The molecular formula is C25H33N3OS. The molecule has 160 valence electrons. The van der Waals surface area contributed by atoms with Crippen molar-refractivity contribution < 1.29 is 4.79 Å². The number of aryl methyl sites for hydroxylation is 4. The molecule has 1 amide bonds. The standard InChI is InChI=1S/C25H33N3OS/c1-7-27(8-2)11-12-28(23(29)16-21-14-17(3)9-10-19(21)5)25-26-24-20(6)13-18(4)15-22(24)30-25/h9-10,13-15H,7-8,11-12,16H2,1-6H3. The highest BCUT2D eigenvalue weighted by Crippen LogP contribution is 2.32. The molecule has 0 unspecified atom stereocenters. The van der Waals surface area contributed by atoms with Crippen LogP contribution in [0, 0.1) is 27.7 Å². The summed E-state index contributed by atoms with van der Waals surface area (Å²) in [5, 5.41) is 0.807. The minimum Gasteiger partial charge on any atom is -0.302 e. The van der Waals surface area contributed by atoms with E-state index in [4.69, 9.17) is 4.98 Å². The van der Waals surface area contributed by atoms with Gasteiger partial charge in [-0.2, -0.15) is 0 Å². The first-order chi connectivity index (χ1) is 14.3. The maximum Gasteiger partial charge on any atom is 0.233 e. The Kier molecular flexibility index (Phi) is 7.27. The number of hydrogen-bond acceptors (Lipinski definition) is 4. The zero-order valence-corrected chi connectivity index (χ0v) is 19.9. The van der Waals surface area contributed by atoms with E-state index < -0.39 is 0 Å². The summed E-state index contributed by atoms with van der Waals surface area (Å²) in [5.41, 5.74) is 6.84. The third-order valence-corrected chi connectivity index (χ3v) is 6.76. The maximum atomic E-state index is 13.5. The molecule has 0 aliphatic heterocycles.